The Morgan fingerprint density at radius 2 is 2.38 bits per heavy atom. The van der Waals surface area contributed by atoms with Gasteiger partial charge in [-0.2, -0.15) is 5.10 Å². The van der Waals surface area contributed by atoms with Crippen LogP contribution in [0.5, 0.6) is 0 Å². The molecule has 1 rings (SSSR count). The van der Waals surface area contributed by atoms with E-state index < -0.39 is 0 Å². The van der Waals surface area contributed by atoms with E-state index in [0.717, 1.165) is 25.9 Å². The van der Waals surface area contributed by atoms with Gasteiger partial charge in [0.25, 0.3) is 0 Å². The fourth-order valence-corrected chi connectivity index (χ4v) is 1.40. The van der Waals surface area contributed by atoms with Crippen molar-refractivity contribution < 1.29 is 0 Å². The second-order valence-electron chi connectivity index (χ2n) is 3.52. The molecule has 0 bridgehead atoms. The molecule has 0 amide bonds. The molecule has 13 heavy (non-hydrogen) atoms. The minimum atomic E-state index is 0.538. The van der Waals surface area contributed by atoms with Crippen molar-refractivity contribution in [2.75, 3.05) is 6.54 Å². The van der Waals surface area contributed by atoms with Crippen LogP contribution in [-0.4, -0.2) is 16.3 Å². The summed E-state index contributed by atoms with van der Waals surface area (Å²) < 4.78 is 2.00. The average Bonchev–Trinajstić information content (AvgIpc) is 2.54. The molecule has 3 heteroatoms. The van der Waals surface area contributed by atoms with Gasteiger partial charge in [-0.25, -0.2) is 0 Å². The maximum Gasteiger partial charge on any atom is 0.0524 e. The van der Waals surface area contributed by atoms with Crippen molar-refractivity contribution in [2.45, 2.75) is 39.2 Å². The molecule has 0 fully saturated rings. The van der Waals surface area contributed by atoms with Gasteiger partial charge >= 0.3 is 0 Å². The molecule has 1 atom stereocenters. The van der Waals surface area contributed by atoms with E-state index in [9.17, 15) is 0 Å². The Labute approximate surface area is 79.9 Å². The SMILES string of the molecule is CCCn1cc(C(C)CCN)cn1. The third-order valence-electron chi connectivity index (χ3n) is 2.27. The maximum atomic E-state index is 5.51. The van der Waals surface area contributed by atoms with Crippen LogP contribution < -0.4 is 5.73 Å². The van der Waals surface area contributed by atoms with E-state index in [1.54, 1.807) is 0 Å². The molecule has 1 heterocycles. The first-order chi connectivity index (χ1) is 6.27. The molecule has 0 saturated heterocycles. The number of aromatic nitrogens is 2. The smallest absolute Gasteiger partial charge is 0.0524 e. The fourth-order valence-electron chi connectivity index (χ4n) is 1.40. The number of nitrogens with zero attached hydrogens (tertiary/aromatic N) is 2. The monoisotopic (exact) mass is 181 g/mol. The minimum absolute atomic E-state index is 0.538. The van der Waals surface area contributed by atoms with Crippen molar-refractivity contribution in [3.8, 4) is 0 Å². The Bertz CT molecular complexity index is 242. The van der Waals surface area contributed by atoms with Crippen LogP contribution in [0.25, 0.3) is 0 Å². The van der Waals surface area contributed by atoms with Crippen molar-refractivity contribution in [3.63, 3.8) is 0 Å². The standard InChI is InChI=1S/C10H19N3/c1-3-6-13-8-10(7-12-13)9(2)4-5-11/h7-9H,3-6,11H2,1-2H3. The summed E-state index contributed by atoms with van der Waals surface area (Å²) in [6.45, 7) is 6.11. The number of nitrogens with two attached hydrogens (primary N) is 1. The van der Waals surface area contributed by atoms with Crippen LogP contribution in [0.15, 0.2) is 12.4 Å². The van der Waals surface area contributed by atoms with Gasteiger partial charge < -0.3 is 5.73 Å². The normalized spacial score (nSPS) is 13.2. The lowest BCUT2D eigenvalue weighted by molar-refractivity contribution is 0.600. The van der Waals surface area contributed by atoms with E-state index in [1.807, 2.05) is 10.9 Å². The molecular formula is C10H19N3. The number of rotatable bonds is 5. The van der Waals surface area contributed by atoms with Crippen LogP contribution in [0.3, 0.4) is 0 Å². The molecule has 0 aromatic carbocycles. The minimum Gasteiger partial charge on any atom is -0.330 e. The lowest BCUT2D eigenvalue weighted by atomic mass is 10.0. The van der Waals surface area contributed by atoms with Gasteiger partial charge in [0.15, 0.2) is 0 Å². The lowest BCUT2D eigenvalue weighted by Gasteiger charge is -2.05. The Morgan fingerprint density at radius 3 is 3.00 bits per heavy atom. The van der Waals surface area contributed by atoms with Crippen molar-refractivity contribution in [2.24, 2.45) is 5.73 Å². The summed E-state index contributed by atoms with van der Waals surface area (Å²) in [5.74, 6) is 0.538. The van der Waals surface area contributed by atoms with Gasteiger partial charge in [0.05, 0.1) is 6.20 Å². The van der Waals surface area contributed by atoms with Gasteiger partial charge in [-0.3, -0.25) is 4.68 Å². The van der Waals surface area contributed by atoms with Crippen molar-refractivity contribution >= 4 is 0 Å². The molecule has 1 aromatic rings. The first-order valence-electron chi connectivity index (χ1n) is 5.00. The van der Waals surface area contributed by atoms with Crippen LogP contribution in [0.2, 0.25) is 0 Å². The first-order valence-corrected chi connectivity index (χ1v) is 5.00. The molecule has 0 spiro atoms. The van der Waals surface area contributed by atoms with E-state index >= 15 is 0 Å². The average molecular weight is 181 g/mol. The summed E-state index contributed by atoms with van der Waals surface area (Å²) in [5.41, 5.74) is 6.81. The highest BCUT2D eigenvalue weighted by atomic mass is 15.3. The molecule has 0 saturated carbocycles. The second-order valence-corrected chi connectivity index (χ2v) is 3.52. The highest BCUT2D eigenvalue weighted by Gasteiger charge is 2.06. The lowest BCUT2D eigenvalue weighted by Crippen LogP contribution is -2.04. The van der Waals surface area contributed by atoms with E-state index in [4.69, 9.17) is 5.73 Å². The molecule has 2 N–H and O–H groups in total. The van der Waals surface area contributed by atoms with Gasteiger partial charge in [-0.15, -0.1) is 0 Å². The third kappa shape index (κ3) is 2.84. The predicted octanol–water partition coefficient (Wildman–Crippen LogP) is 1.75. The van der Waals surface area contributed by atoms with Gasteiger partial charge in [0, 0.05) is 12.7 Å². The van der Waals surface area contributed by atoms with Gasteiger partial charge in [-0.1, -0.05) is 13.8 Å². The molecule has 3 nitrogen and oxygen atoms in total. The van der Waals surface area contributed by atoms with Gasteiger partial charge in [0.1, 0.15) is 0 Å². The third-order valence-corrected chi connectivity index (χ3v) is 2.27. The van der Waals surface area contributed by atoms with Gasteiger partial charge in [-0.05, 0) is 30.9 Å². The van der Waals surface area contributed by atoms with Crippen molar-refractivity contribution in [1.82, 2.24) is 9.78 Å². The summed E-state index contributed by atoms with van der Waals surface area (Å²) in [5, 5.41) is 4.29. The van der Waals surface area contributed by atoms with Crippen LogP contribution in [0.1, 0.15) is 38.2 Å². The molecule has 74 valence electrons. The molecule has 1 unspecified atom stereocenters. The van der Waals surface area contributed by atoms with Crippen LogP contribution in [0, 0.1) is 0 Å². The number of hydrogen-bond acceptors (Lipinski definition) is 2. The fraction of sp³-hybridized carbons (Fsp3) is 0.700. The predicted molar refractivity (Wildman–Crippen MR) is 54.6 cm³/mol. The Hall–Kier alpha value is -0.830. The molecule has 0 aliphatic rings. The van der Waals surface area contributed by atoms with Crippen LogP contribution >= 0.6 is 0 Å². The van der Waals surface area contributed by atoms with E-state index in [1.165, 1.54) is 5.56 Å². The zero-order chi connectivity index (χ0) is 9.68. The van der Waals surface area contributed by atoms with Crippen LogP contribution in [0.4, 0.5) is 0 Å². The van der Waals surface area contributed by atoms with Crippen molar-refractivity contribution in [3.05, 3.63) is 18.0 Å². The molecule has 0 aliphatic heterocycles. The molecule has 0 radical (unpaired) electrons. The van der Waals surface area contributed by atoms with Crippen LogP contribution in [-0.2, 0) is 6.54 Å². The zero-order valence-electron chi connectivity index (χ0n) is 8.53. The maximum absolute atomic E-state index is 5.51. The summed E-state index contributed by atoms with van der Waals surface area (Å²) in [7, 11) is 0. The Morgan fingerprint density at radius 1 is 1.62 bits per heavy atom. The summed E-state index contributed by atoms with van der Waals surface area (Å²) >= 11 is 0. The molecule has 1 aromatic heterocycles. The first kappa shape index (κ1) is 10.3. The van der Waals surface area contributed by atoms with E-state index in [-0.39, 0.29) is 0 Å². The molecule has 0 aliphatic carbocycles. The highest BCUT2D eigenvalue weighted by Crippen LogP contribution is 2.16. The largest absolute Gasteiger partial charge is 0.330 e. The van der Waals surface area contributed by atoms with Gasteiger partial charge in [0.2, 0.25) is 0 Å². The van der Waals surface area contributed by atoms with E-state index in [2.05, 4.69) is 25.1 Å². The Kier molecular flexibility index (Phi) is 3.96. The summed E-state index contributed by atoms with van der Waals surface area (Å²) in [6.07, 6.45) is 6.25. The number of aryl methyl sites for hydroxylation is 1. The second kappa shape index (κ2) is 5.02. The zero-order valence-corrected chi connectivity index (χ0v) is 8.53. The summed E-state index contributed by atoms with van der Waals surface area (Å²) in [4.78, 5) is 0. The van der Waals surface area contributed by atoms with E-state index in [0.29, 0.717) is 5.92 Å². The molecular weight excluding hydrogens is 162 g/mol. The van der Waals surface area contributed by atoms with Crippen molar-refractivity contribution in [1.29, 1.82) is 0 Å². The highest BCUT2D eigenvalue weighted by molar-refractivity contribution is 5.09. The topological polar surface area (TPSA) is 43.8 Å². The summed E-state index contributed by atoms with van der Waals surface area (Å²) in [6, 6.07) is 0. The Balaban J connectivity index is 2.56. The number of hydrogen-bond donors (Lipinski definition) is 1. The quantitative estimate of drug-likeness (QED) is 0.752.